The maximum atomic E-state index is 10.2. The lowest BCUT2D eigenvalue weighted by Gasteiger charge is -2.19. The van der Waals surface area contributed by atoms with Gasteiger partial charge in [0.25, 0.3) is 0 Å². The van der Waals surface area contributed by atoms with Crippen molar-refractivity contribution in [1.82, 2.24) is 0 Å². The van der Waals surface area contributed by atoms with E-state index in [-0.39, 0.29) is 5.54 Å². The summed E-state index contributed by atoms with van der Waals surface area (Å²) in [5.41, 5.74) is 9.01. The number of aryl methyl sites for hydroxylation is 1. The second-order valence-corrected chi connectivity index (χ2v) is 5.01. The molecule has 2 heteroatoms. The quantitative estimate of drug-likeness (QED) is 0.779. The Labute approximate surface area is 91.1 Å². The van der Waals surface area contributed by atoms with Crippen molar-refractivity contribution < 1.29 is 5.11 Å². The zero-order chi connectivity index (χ0) is 11.2. The van der Waals surface area contributed by atoms with Crippen LogP contribution in [-0.2, 0) is 5.54 Å². The molecular formula is C13H19NO. The van der Waals surface area contributed by atoms with E-state index in [0.29, 0.717) is 11.7 Å². The molecule has 1 aromatic carbocycles. The van der Waals surface area contributed by atoms with Gasteiger partial charge < -0.3 is 10.8 Å². The summed E-state index contributed by atoms with van der Waals surface area (Å²) in [4.78, 5) is 0. The predicted molar refractivity (Wildman–Crippen MR) is 62.0 cm³/mol. The fourth-order valence-electron chi connectivity index (χ4n) is 2.19. The minimum atomic E-state index is -0.251. The fraction of sp³-hybridized carbons (Fsp3) is 0.538. The van der Waals surface area contributed by atoms with Gasteiger partial charge in [-0.1, -0.05) is 26.0 Å². The Bertz CT molecular complexity index is 392. The minimum absolute atomic E-state index is 0.251. The zero-order valence-electron chi connectivity index (χ0n) is 9.67. The highest BCUT2D eigenvalue weighted by Crippen LogP contribution is 2.49. The third kappa shape index (κ3) is 1.63. The van der Waals surface area contributed by atoms with Crippen molar-refractivity contribution in [2.75, 3.05) is 0 Å². The Hall–Kier alpha value is -1.02. The van der Waals surface area contributed by atoms with E-state index in [1.165, 1.54) is 0 Å². The number of phenols is 1. The lowest BCUT2D eigenvalue weighted by atomic mass is 9.91. The monoisotopic (exact) mass is 205 g/mol. The summed E-state index contributed by atoms with van der Waals surface area (Å²) < 4.78 is 0. The van der Waals surface area contributed by atoms with Gasteiger partial charge in [0.2, 0.25) is 0 Å². The summed E-state index contributed by atoms with van der Waals surface area (Å²) in [7, 11) is 0. The molecule has 1 fully saturated rings. The Balaban J connectivity index is 2.57. The third-order valence-electron chi connectivity index (χ3n) is 3.33. The number of rotatable bonds is 2. The van der Waals surface area contributed by atoms with E-state index in [9.17, 15) is 5.11 Å². The van der Waals surface area contributed by atoms with E-state index >= 15 is 0 Å². The average Bonchev–Trinajstić information content (AvgIpc) is 2.83. The van der Waals surface area contributed by atoms with Gasteiger partial charge >= 0.3 is 0 Å². The molecule has 0 heterocycles. The molecular weight excluding hydrogens is 186 g/mol. The van der Waals surface area contributed by atoms with Crippen molar-refractivity contribution in [3.05, 3.63) is 28.8 Å². The number of nitrogens with two attached hydrogens (primary N) is 1. The van der Waals surface area contributed by atoms with E-state index in [1.807, 2.05) is 13.0 Å². The highest BCUT2D eigenvalue weighted by molar-refractivity contribution is 5.52. The van der Waals surface area contributed by atoms with Gasteiger partial charge in [0.05, 0.1) is 0 Å². The summed E-state index contributed by atoms with van der Waals surface area (Å²) in [6.45, 7) is 6.20. The van der Waals surface area contributed by atoms with Gasteiger partial charge in [-0.15, -0.1) is 0 Å². The molecule has 0 spiro atoms. The predicted octanol–water partition coefficient (Wildman–Crippen LogP) is 2.77. The molecule has 2 rings (SSSR count). The van der Waals surface area contributed by atoms with Crippen molar-refractivity contribution in [1.29, 1.82) is 0 Å². The molecule has 0 bridgehead atoms. The van der Waals surface area contributed by atoms with E-state index < -0.39 is 0 Å². The first-order valence-electron chi connectivity index (χ1n) is 5.57. The maximum Gasteiger partial charge on any atom is 0.124 e. The molecule has 1 aliphatic rings. The molecule has 0 radical (unpaired) electrons. The Kier molecular flexibility index (Phi) is 2.27. The van der Waals surface area contributed by atoms with Crippen LogP contribution in [0.15, 0.2) is 12.1 Å². The number of hydrogen-bond donors (Lipinski definition) is 2. The van der Waals surface area contributed by atoms with Crippen LogP contribution < -0.4 is 5.73 Å². The second-order valence-electron chi connectivity index (χ2n) is 5.01. The first-order valence-corrected chi connectivity index (χ1v) is 5.57. The molecule has 0 aromatic heterocycles. The molecule has 0 saturated heterocycles. The summed E-state index contributed by atoms with van der Waals surface area (Å²) in [6.07, 6.45) is 1.98. The fourth-order valence-corrected chi connectivity index (χ4v) is 2.19. The smallest absolute Gasteiger partial charge is 0.124 e. The molecule has 0 atom stereocenters. The van der Waals surface area contributed by atoms with Gasteiger partial charge in [0.15, 0.2) is 0 Å². The zero-order valence-corrected chi connectivity index (χ0v) is 9.67. The summed E-state index contributed by atoms with van der Waals surface area (Å²) in [6, 6.07) is 4.07. The van der Waals surface area contributed by atoms with Crippen LogP contribution in [0.3, 0.4) is 0 Å². The number of phenolic OH excluding ortho intramolecular Hbond substituents is 1. The Morgan fingerprint density at radius 3 is 2.40 bits per heavy atom. The van der Waals surface area contributed by atoms with Crippen LogP contribution in [0.2, 0.25) is 0 Å². The van der Waals surface area contributed by atoms with E-state index in [4.69, 9.17) is 5.73 Å². The molecule has 82 valence electrons. The molecule has 0 amide bonds. The molecule has 1 saturated carbocycles. The Morgan fingerprint density at radius 1 is 1.33 bits per heavy atom. The SMILES string of the molecule is Cc1ccc(C(C)C)c(O)c1C1(N)CC1. The molecule has 0 aliphatic heterocycles. The molecule has 1 aliphatic carbocycles. The summed E-state index contributed by atoms with van der Waals surface area (Å²) in [5.74, 6) is 0.761. The standard InChI is InChI=1S/C13H19NO/c1-8(2)10-5-4-9(3)11(12(10)15)13(14)6-7-13/h4-5,8,15H,6-7,14H2,1-3H3. The van der Waals surface area contributed by atoms with Crippen LogP contribution in [0.25, 0.3) is 0 Å². The lowest BCUT2D eigenvalue weighted by molar-refractivity contribution is 0.448. The van der Waals surface area contributed by atoms with E-state index in [0.717, 1.165) is 29.5 Å². The molecule has 1 aromatic rings. The Morgan fingerprint density at radius 2 is 1.93 bits per heavy atom. The second kappa shape index (κ2) is 3.24. The third-order valence-corrected chi connectivity index (χ3v) is 3.33. The molecule has 3 N–H and O–H groups in total. The summed E-state index contributed by atoms with van der Waals surface area (Å²) >= 11 is 0. The van der Waals surface area contributed by atoms with E-state index in [2.05, 4.69) is 19.9 Å². The first kappa shape index (κ1) is 10.5. The van der Waals surface area contributed by atoms with Gasteiger partial charge in [-0.2, -0.15) is 0 Å². The van der Waals surface area contributed by atoms with Crippen LogP contribution in [0.5, 0.6) is 5.75 Å². The highest BCUT2D eigenvalue weighted by Gasteiger charge is 2.43. The number of hydrogen-bond acceptors (Lipinski definition) is 2. The highest BCUT2D eigenvalue weighted by atomic mass is 16.3. The largest absolute Gasteiger partial charge is 0.507 e. The van der Waals surface area contributed by atoms with Gasteiger partial charge in [0.1, 0.15) is 5.75 Å². The summed E-state index contributed by atoms with van der Waals surface area (Å²) in [5, 5.41) is 10.2. The van der Waals surface area contributed by atoms with Crippen molar-refractivity contribution in [3.63, 3.8) is 0 Å². The van der Waals surface area contributed by atoms with Crippen LogP contribution >= 0.6 is 0 Å². The normalized spacial score (nSPS) is 18.2. The average molecular weight is 205 g/mol. The van der Waals surface area contributed by atoms with Crippen LogP contribution in [0.4, 0.5) is 0 Å². The van der Waals surface area contributed by atoms with Gasteiger partial charge in [-0.3, -0.25) is 0 Å². The van der Waals surface area contributed by atoms with Crippen molar-refractivity contribution in [3.8, 4) is 5.75 Å². The van der Waals surface area contributed by atoms with Crippen LogP contribution in [-0.4, -0.2) is 5.11 Å². The van der Waals surface area contributed by atoms with Crippen LogP contribution in [0.1, 0.15) is 49.3 Å². The lowest BCUT2D eigenvalue weighted by Crippen LogP contribution is -2.20. The van der Waals surface area contributed by atoms with Crippen molar-refractivity contribution in [2.24, 2.45) is 5.73 Å². The molecule has 15 heavy (non-hydrogen) atoms. The van der Waals surface area contributed by atoms with Crippen molar-refractivity contribution in [2.45, 2.75) is 45.1 Å². The topological polar surface area (TPSA) is 46.2 Å². The van der Waals surface area contributed by atoms with Crippen molar-refractivity contribution >= 4 is 0 Å². The number of aromatic hydroxyl groups is 1. The van der Waals surface area contributed by atoms with Gasteiger partial charge in [-0.05, 0) is 36.8 Å². The first-order chi connectivity index (χ1) is 6.96. The minimum Gasteiger partial charge on any atom is -0.507 e. The van der Waals surface area contributed by atoms with E-state index in [1.54, 1.807) is 0 Å². The van der Waals surface area contributed by atoms with Gasteiger partial charge in [-0.25, -0.2) is 0 Å². The molecule has 0 unspecified atom stereocenters. The van der Waals surface area contributed by atoms with Gasteiger partial charge in [0, 0.05) is 11.1 Å². The number of benzene rings is 1. The van der Waals surface area contributed by atoms with Crippen LogP contribution in [0, 0.1) is 6.92 Å². The maximum absolute atomic E-state index is 10.2. The molecule has 2 nitrogen and oxygen atoms in total.